The number of nitriles is 1. The van der Waals surface area contributed by atoms with Gasteiger partial charge in [-0.25, -0.2) is 4.39 Å². The smallest absolute Gasteiger partial charge is 0.225 e. The summed E-state index contributed by atoms with van der Waals surface area (Å²) >= 11 is 5.87. The van der Waals surface area contributed by atoms with Crippen molar-refractivity contribution < 1.29 is 14.0 Å². The fraction of sp³-hybridized carbons (Fsp3) is 0.267. The second-order valence-electron chi connectivity index (χ2n) is 4.77. The molecule has 0 fully saturated rings. The Balaban J connectivity index is 1.99. The van der Waals surface area contributed by atoms with Gasteiger partial charge in [-0.05, 0) is 19.1 Å². The standard InChI is InChI=1S/C15H13ClFN3O2/c1-9-13(6-18)11(4-15(21)20-9)7-19-22-8-10-2-3-12(17)5-14(10)16/h2-3,5,7,11H,4,8H2,1H3,(H,20,21)/b19-7-/t11-/m1/s1. The molecule has 7 heteroatoms. The Morgan fingerprint density at radius 1 is 1.64 bits per heavy atom. The number of nitrogens with one attached hydrogen (secondary N) is 1. The quantitative estimate of drug-likeness (QED) is 0.684. The highest BCUT2D eigenvalue weighted by Gasteiger charge is 2.24. The highest BCUT2D eigenvalue weighted by atomic mass is 35.5. The van der Waals surface area contributed by atoms with Crippen molar-refractivity contribution in [2.45, 2.75) is 20.0 Å². The summed E-state index contributed by atoms with van der Waals surface area (Å²) in [6.45, 7) is 1.73. The van der Waals surface area contributed by atoms with Crippen molar-refractivity contribution in [3.05, 3.63) is 45.9 Å². The molecule has 0 unspecified atom stereocenters. The van der Waals surface area contributed by atoms with Gasteiger partial charge in [0.2, 0.25) is 5.91 Å². The van der Waals surface area contributed by atoms with Crippen LogP contribution in [0.15, 0.2) is 34.6 Å². The largest absolute Gasteiger partial charge is 0.391 e. The van der Waals surface area contributed by atoms with E-state index in [1.54, 1.807) is 6.92 Å². The van der Waals surface area contributed by atoms with Crippen molar-refractivity contribution in [3.8, 4) is 6.07 Å². The molecule has 1 aromatic carbocycles. The van der Waals surface area contributed by atoms with Crippen LogP contribution in [0.5, 0.6) is 0 Å². The molecule has 0 saturated carbocycles. The van der Waals surface area contributed by atoms with E-state index in [-0.39, 0.29) is 24.0 Å². The van der Waals surface area contributed by atoms with E-state index < -0.39 is 11.7 Å². The van der Waals surface area contributed by atoms with Gasteiger partial charge in [-0.3, -0.25) is 4.79 Å². The minimum atomic E-state index is -0.426. The lowest BCUT2D eigenvalue weighted by Gasteiger charge is -2.19. The van der Waals surface area contributed by atoms with Gasteiger partial charge in [-0.15, -0.1) is 0 Å². The van der Waals surface area contributed by atoms with Crippen LogP contribution >= 0.6 is 11.6 Å². The van der Waals surface area contributed by atoms with Crippen molar-refractivity contribution in [2.75, 3.05) is 0 Å². The summed E-state index contributed by atoms with van der Waals surface area (Å²) in [5.41, 5.74) is 1.57. The molecule has 2 rings (SSSR count). The summed E-state index contributed by atoms with van der Waals surface area (Å²) in [6, 6.07) is 6.03. The van der Waals surface area contributed by atoms with Crippen LogP contribution in [0.2, 0.25) is 5.02 Å². The van der Waals surface area contributed by atoms with Gasteiger partial charge >= 0.3 is 0 Å². The summed E-state index contributed by atoms with van der Waals surface area (Å²) in [6.07, 6.45) is 1.56. The second-order valence-corrected chi connectivity index (χ2v) is 5.18. The molecule has 1 N–H and O–H groups in total. The number of hydrogen-bond acceptors (Lipinski definition) is 4. The molecule has 1 aliphatic rings. The zero-order valence-corrected chi connectivity index (χ0v) is 12.5. The number of benzene rings is 1. The molecule has 5 nitrogen and oxygen atoms in total. The maximum Gasteiger partial charge on any atom is 0.225 e. The lowest BCUT2D eigenvalue weighted by molar-refractivity contribution is -0.121. The summed E-state index contributed by atoms with van der Waals surface area (Å²) in [5.74, 6) is -1.01. The molecular weight excluding hydrogens is 309 g/mol. The Morgan fingerprint density at radius 2 is 2.41 bits per heavy atom. The molecule has 1 heterocycles. The van der Waals surface area contributed by atoms with Crippen molar-refractivity contribution in [1.29, 1.82) is 5.26 Å². The predicted molar refractivity (Wildman–Crippen MR) is 79.3 cm³/mol. The first-order valence-electron chi connectivity index (χ1n) is 6.51. The zero-order chi connectivity index (χ0) is 16.1. The third kappa shape index (κ3) is 3.83. The van der Waals surface area contributed by atoms with Crippen LogP contribution in [-0.4, -0.2) is 12.1 Å². The van der Waals surface area contributed by atoms with Gasteiger partial charge in [0.25, 0.3) is 0 Å². The molecule has 1 amide bonds. The number of carbonyl (C=O) groups is 1. The van der Waals surface area contributed by atoms with Gasteiger partial charge < -0.3 is 10.2 Å². The van der Waals surface area contributed by atoms with E-state index in [4.69, 9.17) is 21.7 Å². The van der Waals surface area contributed by atoms with E-state index in [1.165, 1.54) is 24.4 Å². The average molecular weight is 322 g/mol. The van der Waals surface area contributed by atoms with Gasteiger partial charge in [0.1, 0.15) is 12.4 Å². The number of halogens is 2. The number of amides is 1. The van der Waals surface area contributed by atoms with E-state index in [2.05, 4.69) is 16.5 Å². The minimum absolute atomic E-state index is 0.0686. The monoisotopic (exact) mass is 321 g/mol. The maximum absolute atomic E-state index is 12.9. The summed E-state index contributed by atoms with van der Waals surface area (Å²) in [7, 11) is 0. The highest BCUT2D eigenvalue weighted by molar-refractivity contribution is 6.31. The van der Waals surface area contributed by atoms with Crippen LogP contribution in [0, 0.1) is 23.1 Å². The van der Waals surface area contributed by atoms with Gasteiger partial charge in [-0.1, -0.05) is 22.8 Å². The van der Waals surface area contributed by atoms with Gasteiger partial charge in [-0.2, -0.15) is 5.26 Å². The number of allylic oxidation sites excluding steroid dienone is 2. The highest BCUT2D eigenvalue weighted by Crippen LogP contribution is 2.21. The lowest BCUT2D eigenvalue weighted by Crippen LogP contribution is -2.32. The van der Waals surface area contributed by atoms with Crippen LogP contribution in [0.25, 0.3) is 0 Å². The molecule has 1 aromatic rings. The van der Waals surface area contributed by atoms with Crippen LogP contribution in [0.3, 0.4) is 0 Å². The van der Waals surface area contributed by atoms with Crippen LogP contribution < -0.4 is 5.32 Å². The molecule has 1 aliphatic heterocycles. The van der Waals surface area contributed by atoms with Crippen LogP contribution in [0.4, 0.5) is 4.39 Å². The van der Waals surface area contributed by atoms with Gasteiger partial charge in [0, 0.05) is 23.6 Å². The average Bonchev–Trinajstić information content (AvgIpc) is 2.45. The Kier molecular flexibility index (Phi) is 5.12. The number of oxime groups is 1. The second kappa shape index (κ2) is 7.05. The summed E-state index contributed by atoms with van der Waals surface area (Å²) in [5, 5.41) is 15.7. The van der Waals surface area contributed by atoms with Crippen LogP contribution in [0.1, 0.15) is 18.9 Å². The fourth-order valence-electron chi connectivity index (χ4n) is 2.06. The summed E-state index contributed by atoms with van der Waals surface area (Å²) in [4.78, 5) is 16.6. The summed E-state index contributed by atoms with van der Waals surface area (Å²) < 4.78 is 12.9. The lowest BCUT2D eigenvalue weighted by atomic mass is 9.93. The molecule has 0 saturated heterocycles. The molecule has 114 valence electrons. The number of nitrogens with zero attached hydrogens (tertiary/aromatic N) is 2. The zero-order valence-electron chi connectivity index (χ0n) is 11.8. The molecule has 0 aromatic heterocycles. The predicted octanol–water partition coefficient (Wildman–Crippen LogP) is 2.92. The molecule has 0 radical (unpaired) electrons. The van der Waals surface area contributed by atoms with Gasteiger partial charge in [0.05, 0.1) is 22.9 Å². The SMILES string of the molecule is CC1=C(C#N)[C@@H](/C=N\OCc2ccc(F)cc2Cl)CC(=O)N1. The van der Waals surface area contributed by atoms with Crippen molar-refractivity contribution in [2.24, 2.45) is 11.1 Å². The molecule has 0 spiro atoms. The Hall–Kier alpha value is -2.39. The first kappa shape index (κ1) is 16.0. The third-order valence-electron chi connectivity index (χ3n) is 3.18. The normalized spacial score (nSPS) is 18.3. The Bertz CT molecular complexity index is 695. The number of rotatable bonds is 4. The molecule has 22 heavy (non-hydrogen) atoms. The van der Waals surface area contributed by atoms with Crippen molar-refractivity contribution >= 4 is 23.7 Å². The maximum atomic E-state index is 12.9. The number of carbonyl (C=O) groups excluding carboxylic acids is 1. The topological polar surface area (TPSA) is 74.5 Å². The van der Waals surface area contributed by atoms with E-state index >= 15 is 0 Å². The van der Waals surface area contributed by atoms with E-state index in [1.807, 2.05) is 0 Å². The van der Waals surface area contributed by atoms with Crippen molar-refractivity contribution in [3.63, 3.8) is 0 Å². The van der Waals surface area contributed by atoms with Crippen LogP contribution in [-0.2, 0) is 16.2 Å². The molecular formula is C15H13ClFN3O2. The molecule has 1 atom stereocenters. The Labute approximate surface area is 132 Å². The van der Waals surface area contributed by atoms with E-state index in [0.717, 1.165) is 0 Å². The molecule has 0 bridgehead atoms. The van der Waals surface area contributed by atoms with E-state index in [9.17, 15) is 9.18 Å². The minimum Gasteiger partial charge on any atom is -0.391 e. The first-order valence-corrected chi connectivity index (χ1v) is 6.89. The number of hydrogen-bond donors (Lipinski definition) is 1. The fourth-order valence-corrected chi connectivity index (χ4v) is 2.29. The third-order valence-corrected chi connectivity index (χ3v) is 3.53. The van der Waals surface area contributed by atoms with E-state index in [0.29, 0.717) is 16.8 Å². The Morgan fingerprint density at radius 3 is 3.09 bits per heavy atom. The van der Waals surface area contributed by atoms with Crippen molar-refractivity contribution in [1.82, 2.24) is 5.32 Å². The van der Waals surface area contributed by atoms with Gasteiger partial charge in [0.15, 0.2) is 0 Å². The first-order chi connectivity index (χ1) is 10.5. The molecule has 0 aliphatic carbocycles.